The van der Waals surface area contributed by atoms with Crippen LogP contribution in [0.4, 0.5) is 8.78 Å². The van der Waals surface area contributed by atoms with Crippen LogP contribution in [-0.4, -0.2) is 4.98 Å². The summed E-state index contributed by atoms with van der Waals surface area (Å²) < 4.78 is 25.0. The normalized spacial score (nSPS) is 10.3. The highest BCUT2D eigenvalue weighted by Gasteiger charge is 2.16. The minimum Gasteiger partial charge on any atom is -0.240 e. The largest absolute Gasteiger partial charge is 0.265 e. The van der Waals surface area contributed by atoms with Gasteiger partial charge in [0.1, 0.15) is 6.07 Å². The molecule has 0 aliphatic carbocycles. The Kier molecular flexibility index (Phi) is 3.96. The lowest BCUT2D eigenvalue weighted by Crippen LogP contribution is -1.97. The van der Waals surface area contributed by atoms with Crippen molar-refractivity contribution < 1.29 is 8.78 Å². The van der Waals surface area contributed by atoms with Crippen molar-refractivity contribution in [2.75, 3.05) is 0 Å². The van der Waals surface area contributed by atoms with E-state index in [9.17, 15) is 8.78 Å². The summed E-state index contributed by atoms with van der Waals surface area (Å²) in [5, 5.41) is 8.98. The van der Waals surface area contributed by atoms with Gasteiger partial charge in [0.05, 0.1) is 10.2 Å². The molecule has 0 unspecified atom stereocenters. The highest BCUT2D eigenvalue weighted by atomic mass is 79.9. The van der Waals surface area contributed by atoms with E-state index in [1.807, 2.05) is 0 Å². The number of nitriles is 1. The average Bonchev–Trinajstić information content (AvgIpc) is 2.17. The van der Waals surface area contributed by atoms with Crippen molar-refractivity contribution in [1.29, 1.82) is 5.26 Å². The third-order valence-corrected chi connectivity index (χ3v) is 2.92. The van der Waals surface area contributed by atoms with Gasteiger partial charge in [0.2, 0.25) is 0 Å². The molecule has 1 heterocycles. The summed E-state index contributed by atoms with van der Waals surface area (Å²) in [4.78, 5) is 3.86. The van der Waals surface area contributed by atoms with Crippen LogP contribution < -0.4 is 0 Å². The Labute approximate surface area is 96.2 Å². The Morgan fingerprint density at radius 2 is 2.21 bits per heavy atom. The number of alkyl halides is 3. The Hall–Kier alpha value is -0.540. The van der Waals surface area contributed by atoms with E-state index in [2.05, 4.69) is 36.8 Å². The molecule has 0 bridgehead atoms. The van der Waals surface area contributed by atoms with Crippen LogP contribution in [0.15, 0.2) is 10.5 Å². The molecule has 0 N–H and O–H groups in total. The molecular formula is C8H4Br2F2N2. The molecule has 0 saturated carbocycles. The van der Waals surface area contributed by atoms with Gasteiger partial charge in [0.15, 0.2) is 5.69 Å². The first-order valence-electron chi connectivity index (χ1n) is 3.53. The number of aromatic nitrogens is 1. The SMILES string of the molecule is N#Cc1nc(CBr)cc(C(F)F)c1Br. The summed E-state index contributed by atoms with van der Waals surface area (Å²) in [5.74, 6) is 0. The summed E-state index contributed by atoms with van der Waals surface area (Å²) >= 11 is 6.02. The summed E-state index contributed by atoms with van der Waals surface area (Å²) in [6.45, 7) is 0. The van der Waals surface area contributed by atoms with Crippen LogP contribution in [0.1, 0.15) is 23.4 Å². The molecular weight excluding hydrogens is 322 g/mol. The van der Waals surface area contributed by atoms with E-state index in [0.29, 0.717) is 11.0 Å². The lowest BCUT2D eigenvalue weighted by Gasteiger charge is -2.06. The zero-order chi connectivity index (χ0) is 10.7. The van der Waals surface area contributed by atoms with Crippen molar-refractivity contribution in [2.24, 2.45) is 0 Å². The molecule has 0 aliphatic heterocycles. The maximum Gasteiger partial charge on any atom is 0.265 e. The Morgan fingerprint density at radius 1 is 1.57 bits per heavy atom. The van der Waals surface area contributed by atoms with Crippen molar-refractivity contribution in [3.05, 3.63) is 27.5 Å². The van der Waals surface area contributed by atoms with Gasteiger partial charge in [-0.2, -0.15) is 5.26 Å². The molecule has 1 aromatic heterocycles. The van der Waals surface area contributed by atoms with Crippen molar-refractivity contribution >= 4 is 31.9 Å². The van der Waals surface area contributed by atoms with Crippen LogP contribution in [0.25, 0.3) is 0 Å². The monoisotopic (exact) mass is 324 g/mol. The summed E-state index contributed by atoms with van der Waals surface area (Å²) in [7, 11) is 0. The van der Waals surface area contributed by atoms with Crippen molar-refractivity contribution in [2.45, 2.75) is 11.8 Å². The van der Waals surface area contributed by atoms with Crippen LogP contribution in [0.5, 0.6) is 0 Å². The van der Waals surface area contributed by atoms with E-state index >= 15 is 0 Å². The summed E-state index contributed by atoms with van der Waals surface area (Å²) in [6, 6.07) is 3.02. The molecule has 0 amide bonds. The number of nitrogens with zero attached hydrogens (tertiary/aromatic N) is 2. The van der Waals surface area contributed by atoms with E-state index in [4.69, 9.17) is 5.26 Å². The average molecular weight is 326 g/mol. The predicted molar refractivity (Wildman–Crippen MR) is 54.2 cm³/mol. The number of hydrogen-bond acceptors (Lipinski definition) is 2. The molecule has 6 heteroatoms. The highest BCUT2D eigenvalue weighted by molar-refractivity contribution is 9.10. The molecule has 14 heavy (non-hydrogen) atoms. The van der Waals surface area contributed by atoms with Gasteiger partial charge in [-0.05, 0) is 22.0 Å². The molecule has 0 aliphatic rings. The lowest BCUT2D eigenvalue weighted by atomic mass is 10.2. The predicted octanol–water partition coefficient (Wildman–Crippen LogP) is 3.55. The molecule has 1 aromatic rings. The van der Waals surface area contributed by atoms with Gasteiger partial charge >= 0.3 is 0 Å². The van der Waals surface area contributed by atoms with Gasteiger partial charge in [-0.25, -0.2) is 13.8 Å². The molecule has 2 nitrogen and oxygen atoms in total. The zero-order valence-corrected chi connectivity index (χ0v) is 9.94. The quantitative estimate of drug-likeness (QED) is 0.780. The molecule has 0 saturated heterocycles. The van der Waals surface area contributed by atoms with Gasteiger partial charge in [-0.3, -0.25) is 0 Å². The Balaban J connectivity index is 3.36. The van der Waals surface area contributed by atoms with E-state index < -0.39 is 6.43 Å². The van der Waals surface area contributed by atoms with Crippen LogP contribution in [-0.2, 0) is 5.33 Å². The first-order chi connectivity index (χ1) is 6.60. The third kappa shape index (κ3) is 2.28. The Morgan fingerprint density at radius 3 is 2.64 bits per heavy atom. The smallest absolute Gasteiger partial charge is 0.240 e. The van der Waals surface area contributed by atoms with E-state index in [-0.39, 0.29) is 15.7 Å². The first kappa shape index (κ1) is 11.5. The topological polar surface area (TPSA) is 36.7 Å². The van der Waals surface area contributed by atoms with Crippen molar-refractivity contribution in [3.63, 3.8) is 0 Å². The van der Waals surface area contributed by atoms with Crippen LogP contribution in [0.2, 0.25) is 0 Å². The maximum absolute atomic E-state index is 12.5. The first-order valence-corrected chi connectivity index (χ1v) is 5.45. The van der Waals surface area contributed by atoms with E-state index in [1.165, 1.54) is 6.07 Å². The molecule has 0 spiro atoms. The van der Waals surface area contributed by atoms with Crippen LogP contribution in [0, 0.1) is 11.3 Å². The molecule has 0 fully saturated rings. The zero-order valence-electron chi connectivity index (χ0n) is 6.77. The minimum absolute atomic E-state index is 0.0164. The van der Waals surface area contributed by atoms with Gasteiger partial charge in [-0.1, -0.05) is 15.9 Å². The van der Waals surface area contributed by atoms with Gasteiger partial charge < -0.3 is 0 Å². The second-order valence-corrected chi connectivity index (χ2v) is 3.77. The minimum atomic E-state index is -2.61. The third-order valence-electron chi connectivity index (χ3n) is 1.52. The van der Waals surface area contributed by atoms with Gasteiger partial charge in [0, 0.05) is 10.9 Å². The highest BCUT2D eigenvalue weighted by Crippen LogP contribution is 2.30. The van der Waals surface area contributed by atoms with Crippen LogP contribution in [0.3, 0.4) is 0 Å². The number of pyridine rings is 1. The fourth-order valence-corrected chi connectivity index (χ4v) is 1.66. The summed E-state index contributed by atoms with van der Waals surface area (Å²) in [6.07, 6.45) is -2.61. The molecule has 0 aromatic carbocycles. The van der Waals surface area contributed by atoms with Crippen molar-refractivity contribution in [3.8, 4) is 6.07 Å². The number of hydrogen-bond donors (Lipinski definition) is 0. The molecule has 74 valence electrons. The van der Waals surface area contributed by atoms with Gasteiger partial charge in [-0.15, -0.1) is 0 Å². The summed E-state index contributed by atoms with van der Waals surface area (Å²) in [5.41, 5.74) is 0.198. The van der Waals surface area contributed by atoms with Crippen LogP contribution >= 0.6 is 31.9 Å². The maximum atomic E-state index is 12.5. The second-order valence-electron chi connectivity index (χ2n) is 2.41. The molecule has 1 rings (SSSR count). The number of rotatable bonds is 2. The number of halogens is 4. The molecule has 0 radical (unpaired) electrons. The lowest BCUT2D eigenvalue weighted by molar-refractivity contribution is 0.150. The second kappa shape index (κ2) is 4.80. The van der Waals surface area contributed by atoms with E-state index in [0.717, 1.165) is 0 Å². The Bertz CT molecular complexity index is 388. The van der Waals surface area contributed by atoms with Gasteiger partial charge in [0.25, 0.3) is 6.43 Å². The fourth-order valence-electron chi connectivity index (χ4n) is 0.906. The standard InChI is InChI=1S/C8H4Br2F2N2/c9-2-4-1-5(8(11)12)7(10)6(3-13)14-4/h1,8H,2H2. The molecule has 0 atom stereocenters. The fraction of sp³-hybridized carbons (Fsp3) is 0.250. The van der Waals surface area contributed by atoms with E-state index in [1.54, 1.807) is 6.07 Å². The van der Waals surface area contributed by atoms with Crippen molar-refractivity contribution in [1.82, 2.24) is 4.98 Å².